The van der Waals surface area contributed by atoms with Crippen molar-refractivity contribution in [3.8, 4) is 0 Å². The van der Waals surface area contributed by atoms with Gasteiger partial charge >= 0.3 is 0 Å². The van der Waals surface area contributed by atoms with Gasteiger partial charge in [-0.05, 0) is 31.9 Å². The van der Waals surface area contributed by atoms with Crippen LogP contribution >= 0.6 is 0 Å². The highest BCUT2D eigenvalue weighted by Gasteiger charge is 2.52. The third-order valence-corrected chi connectivity index (χ3v) is 4.14. The molecule has 4 atom stereocenters. The van der Waals surface area contributed by atoms with Crippen LogP contribution < -0.4 is 0 Å². The van der Waals surface area contributed by atoms with Crippen LogP contribution in [0.2, 0.25) is 0 Å². The summed E-state index contributed by atoms with van der Waals surface area (Å²) < 4.78 is 18.1. The maximum absolute atomic E-state index is 6.33. The number of benzene rings is 1. The lowest BCUT2D eigenvalue weighted by molar-refractivity contribution is -0.287. The van der Waals surface area contributed by atoms with Crippen molar-refractivity contribution in [1.29, 1.82) is 0 Å². The fourth-order valence-electron chi connectivity index (χ4n) is 3.24. The summed E-state index contributed by atoms with van der Waals surface area (Å²) >= 11 is 0. The molecule has 2 heterocycles. The van der Waals surface area contributed by atoms with Gasteiger partial charge in [0, 0.05) is 19.1 Å². The maximum atomic E-state index is 6.33. The van der Waals surface area contributed by atoms with E-state index in [1.54, 1.807) is 0 Å². The monoisotopic (exact) mass is 274 g/mol. The summed E-state index contributed by atoms with van der Waals surface area (Å²) in [5, 5.41) is 0. The standard InChI is InChI=1S/C17H22O3/c1-3-18-15-12-13-10-11-17(15,20-16(13)19-4-2)14-8-6-5-7-9-14/h5-11,13,15-16H,3-4,12H2,1-2H3/t13-,15+,16+,17-/m0/s1. The van der Waals surface area contributed by atoms with Gasteiger partial charge in [-0.15, -0.1) is 0 Å². The molecule has 3 nitrogen and oxygen atoms in total. The van der Waals surface area contributed by atoms with Crippen LogP contribution in [0.3, 0.4) is 0 Å². The minimum absolute atomic E-state index is 0.0570. The molecule has 1 saturated heterocycles. The first kappa shape index (κ1) is 13.8. The van der Waals surface area contributed by atoms with Gasteiger partial charge in [0.2, 0.25) is 0 Å². The quantitative estimate of drug-likeness (QED) is 0.771. The van der Waals surface area contributed by atoms with Crippen molar-refractivity contribution in [3.63, 3.8) is 0 Å². The summed E-state index contributed by atoms with van der Waals surface area (Å²) in [6.45, 7) is 5.40. The van der Waals surface area contributed by atoms with Crippen molar-refractivity contribution < 1.29 is 14.2 Å². The lowest BCUT2D eigenvalue weighted by Gasteiger charge is -2.51. The first-order valence-corrected chi connectivity index (χ1v) is 7.46. The average molecular weight is 274 g/mol. The smallest absolute Gasteiger partial charge is 0.165 e. The topological polar surface area (TPSA) is 27.7 Å². The molecule has 20 heavy (non-hydrogen) atoms. The van der Waals surface area contributed by atoms with Crippen molar-refractivity contribution in [2.24, 2.45) is 5.92 Å². The van der Waals surface area contributed by atoms with Crippen LogP contribution in [-0.4, -0.2) is 25.6 Å². The molecule has 3 aliphatic rings. The highest BCUT2D eigenvalue weighted by atomic mass is 16.7. The molecule has 2 aliphatic heterocycles. The van der Waals surface area contributed by atoms with E-state index < -0.39 is 5.60 Å². The van der Waals surface area contributed by atoms with E-state index in [-0.39, 0.29) is 18.3 Å². The van der Waals surface area contributed by atoms with E-state index in [4.69, 9.17) is 14.2 Å². The van der Waals surface area contributed by atoms with E-state index in [0.29, 0.717) is 13.2 Å². The maximum Gasteiger partial charge on any atom is 0.165 e. The molecule has 108 valence electrons. The van der Waals surface area contributed by atoms with E-state index in [1.165, 1.54) is 0 Å². The summed E-state index contributed by atoms with van der Waals surface area (Å²) in [5.74, 6) is 0.289. The molecule has 3 heteroatoms. The van der Waals surface area contributed by atoms with Crippen LogP contribution in [0.4, 0.5) is 0 Å². The summed E-state index contributed by atoms with van der Waals surface area (Å²) in [6.07, 6.45) is 5.23. The molecule has 0 aromatic heterocycles. The fraction of sp³-hybridized carbons (Fsp3) is 0.529. The summed E-state index contributed by atoms with van der Waals surface area (Å²) in [5.41, 5.74) is 0.629. The number of hydrogen-bond donors (Lipinski definition) is 0. The molecular weight excluding hydrogens is 252 g/mol. The summed E-state index contributed by atoms with van der Waals surface area (Å²) in [6, 6.07) is 10.3. The summed E-state index contributed by atoms with van der Waals surface area (Å²) in [7, 11) is 0. The molecule has 0 spiro atoms. The highest BCUT2D eigenvalue weighted by molar-refractivity contribution is 5.33. The molecule has 1 aliphatic carbocycles. The molecular formula is C17H22O3. The van der Waals surface area contributed by atoms with Gasteiger partial charge in [-0.3, -0.25) is 0 Å². The predicted octanol–water partition coefficient (Wildman–Crippen LogP) is 3.26. The van der Waals surface area contributed by atoms with Gasteiger partial charge in [0.05, 0.1) is 6.10 Å². The van der Waals surface area contributed by atoms with E-state index in [1.807, 2.05) is 32.0 Å². The van der Waals surface area contributed by atoms with Crippen LogP contribution in [0, 0.1) is 5.92 Å². The van der Waals surface area contributed by atoms with Gasteiger partial charge in [-0.1, -0.05) is 36.4 Å². The highest BCUT2D eigenvalue weighted by Crippen LogP contribution is 2.47. The number of rotatable bonds is 5. The van der Waals surface area contributed by atoms with E-state index in [2.05, 4.69) is 24.3 Å². The molecule has 1 aromatic rings. The van der Waals surface area contributed by atoms with Crippen molar-refractivity contribution in [2.75, 3.05) is 13.2 Å². The largest absolute Gasteiger partial charge is 0.375 e. The second kappa shape index (κ2) is 5.68. The van der Waals surface area contributed by atoms with E-state index in [9.17, 15) is 0 Å². The van der Waals surface area contributed by atoms with Crippen molar-refractivity contribution in [3.05, 3.63) is 48.0 Å². The van der Waals surface area contributed by atoms with Crippen LogP contribution in [0.5, 0.6) is 0 Å². The van der Waals surface area contributed by atoms with Gasteiger partial charge in [0.1, 0.15) is 5.60 Å². The second-order valence-electron chi connectivity index (χ2n) is 5.30. The number of hydrogen-bond acceptors (Lipinski definition) is 3. The van der Waals surface area contributed by atoms with E-state index in [0.717, 1.165) is 12.0 Å². The Bertz CT molecular complexity index is 470. The molecule has 0 unspecified atom stereocenters. The minimum Gasteiger partial charge on any atom is -0.375 e. The Balaban J connectivity index is 1.98. The fourth-order valence-corrected chi connectivity index (χ4v) is 3.24. The second-order valence-corrected chi connectivity index (χ2v) is 5.30. The average Bonchev–Trinajstić information content (AvgIpc) is 2.50. The van der Waals surface area contributed by atoms with Crippen molar-refractivity contribution >= 4 is 0 Å². The normalized spacial score (nSPS) is 35.4. The Labute approximate surface area is 120 Å². The van der Waals surface area contributed by atoms with Crippen molar-refractivity contribution in [2.45, 2.75) is 38.3 Å². The minimum atomic E-state index is -0.508. The van der Waals surface area contributed by atoms with Crippen molar-refractivity contribution in [1.82, 2.24) is 0 Å². The zero-order chi connectivity index (χ0) is 14.0. The predicted molar refractivity (Wildman–Crippen MR) is 77.3 cm³/mol. The Morgan fingerprint density at radius 1 is 1.15 bits per heavy atom. The summed E-state index contributed by atoms with van der Waals surface area (Å²) in [4.78, 5) is 0. The zero-order valence-electron chi connectivity index (χ0n) is 12.1. The van der Waals surface area contributed by atoms with Gasteiger partial charge in [-0.25, -0.2) is 0 Å². The Kier molecular flexibility index (Phi) is 3.92. The van der Waals surface area contributed by atoms with Crippen LogP contribution in [0.15, 0.2) is 42.5 Å². The van der Waals surface area contributed by atoms with Gasteiger partial charge in [-0.2, -0.15) is 0 Å². The SMILES string of the molecule is CCO[C@@H]1O[C@]2(c3ccccc3)C=C[C@H]1C[C@H]2OCC. The number of fused-ring (bicyclic) bond motifs is 2. The molecule has 1 aromatic carbocycles. The molecule has 0 saturated carbocycles. The molecule has 0 amide bonds. The van der Waals surface area contributed by atoms with Gasteiger partial charge in [0.15, 0.2) is 6.29 Å². The number of ether oxygens (including phenoxy) is 3. The molecule has 4 rings (SSSR count). The Morgan fingerprint density at radius 3 is 2.60 bits per heavy atom. The van der Waals surface area contributed by atoms with Gasteiger partial charge in [0.25, 0.3) is 0 Å². The Morgan fingerprint density at radius 2 is 1.90 bits per heavy atom. The van der Waals surface area contributed by atoms with Gasteiger partial charge < -0.3 is 14.2 Å². The molecule has 2 bridgehead atoms. The van der Waals surface area contributed by atoms with Crippen LogP contribution in [0.1, 0.15) is 25.8 Å². The molecule has 0 radical (unpaired) electrons. The third-order valence-electron chi connectivity index (χ3n) is 4.14. The first-order valence-electron chi connectivity index (χ1n) is 7.46. The first-order chi connectivity index (χ1) is 9.80. The Hall–Kier alpha value is -1.16. The zero-order valence-corrected chi connectivity index (χ0v) is 12.1. The van der Waals surface area contributed by atoms with Crippen LogP contribution in [0.25, 0.3) is 0 Å². The molecule has 0 N–H and O–H groups in total. The van der Waals surface area contributed by atoms with Crippen LogP contribution in [-0.2, 0) is 19.8 Å². The lowest BCUT2D eigenvalue weighted by Crippen LogP contribution is -2.55. The third kappa shape index (κ3) is 2.20. The lowest BCUT2D eigenvalue weighted by atomic mass is 9.74. The van der Waals surface area contributed by atoms with E-state index >= 15 is 0 Å². The molecule has 1 fully saturated rings.